The second-order valence-corrected chi connectivity index (χ2v) is 11.4. The molecule has 1 saturated heterocycles. The van der Waals surface area contributed by atoms with Crippen molar-refractivity contribution in [3.63, 3.8) is 0 Å². The number of phenolic OH excluding ortho intramolecular Hbond substituents is 2. The number of carboxylic acids is 1. The maximum absolute atomic E-state index is 11.7. The average Bonchev–Trinajstić information content (AvgIpc) is 3.49. The summed E-state index contributed by atoms with van der Waals surface area (Å²) in [4.78, 5) is 15.9. The SMILES string of the molecule is [NH2+]=C1C=CC(CCOc2ccc(C3C=C(O)c4c(cc(O[C@@H]5O[C@H](C(=O)O)[C@@H](O)[C@@H](O)[C@H]5O)c(OCc5cccc(O)c5)c4O)O3)cc2)=N1. The number of benzene rings is 3. The molecule has 3 aliphatic heterocycles. The highest BCUT2D eigenvalue weighted by Gasteiger charge is 2.48. The zero-order valence-electron chi connectivity index (χ0n) is 25.6. The van der Waals surface area contributed by atoms with E-state index in [1.165, 1.54) is 24.3 Å². The Morgan fingerprint density at radius 2 is 1.71 bits per heavy atom. The van der Waals surface area contributed by atoms with Gasteiger partial charge in [0, 0.05) is 24.6 Å². The van der Waals surface area contributed by atoms with Gasteiger partial charge in [-0.15, -0.1) is 0 Å². The van der Waals surface area contributed by atoms with Gasteiger partial charge in [-0.05, 0) is 46.5 Å². The fourth-order valence-corrected chi connectivity index (χ4v) is 5.40. The second-order valence-electron chi connectivity index (χ2n) is 11.4. The largest absolute Gasteiger partial charge is 0.508 e. The van der Waals surface area contributed by atoms with Crippen molar-refractivity contribution < 1.29 is 69.6 Å². The molecule has 3 aromatic rings. The van der Waals surface area contributed by atoms with Gasteiger partial charge in [0.25, 0.3) is 0 Å². The number of carbonyl (C=O) groups is 1. The molecule has 6 rings (SSSR count). The highest BCUT2D eigenvalue weighted by atomic mass is 16.7. The normalized spacial score (nSPS) is 24.3. The van der Waals surface area contributed by atoms with Crippen LogP contribution >= 0.6 is 0 Å². The lowest BCUT2D eigenvalue weighted by atomic mass is 9.99. The number of fused-ring (bicyclic) bond motifs is 1. The molecule has 0 saturated carbocycles. The van der Waals surface area contributed by atoms with Crippen molar-refractivity contribution in [1.29, 1.82) is 0 Å². The number of amidine groups is 1. The van der Waals surface area contributed by atoms with Crippen LogP contribution in [0.25, 0.3) is 5.76 Å². The monoisotopic (exact) mass is 677 g/mol. The summed E-state index contributed by atoms with van der Waals surface area (Å²) in [5.41, 5.74) is 1.75. The van der Waals surface area contributed by atoms with Crippen LogP contribution < -0.4 is 24.4 Å². The van der Waals surface area contributed by atoms with Gasteiger partial charge in [0.1, 0.15) is 59.6 Å². The minimum atomic E-state index is -1.97. The van der Waals surface area contributed by atoms with Gasteiger partial charge in [-0.3, -0.25) is 5.41 Å². The predicted octanol–water partition coefficient (Wildman–Crippen LogP) is 0.918. The molecule has 256 valence electrons. The zero-order valence-corrected chi connectivity index (χ0v) is 25.6. The number of nitrogens with two attached hydrogens (primary N) is 1. The van der Waals surface area contributed by atoms with Crippen LogP contribution in [-0.4, -0.2) is 90.6 Å². The van der Waals surface area contributed by atoms with Crippen LogP contribution in [-0.2, 0) is 16.1 Å². The number of aromatic hydroxyl groups is 2. The molecule has 3 aromatic carbocycles. The number of aliphatic imine (C=N–C) groups is 1. The maximum Gasteiger partial charge on any atom is 0.335 e. The topological polar surface area (TPSA) is 243 Å². The summed E-state index contributed by atoms with van der Waals surface area (Å²) in [7, 11) is 0. The van der Waals surface area contributed by atoms with E-state index in [2.05, 4.69) is 4.99 Å². The van der Waals surface area contributed by atoms with Crippen molar-refractivity contribution in [3.8, 4) is 34.5 Å². The first kappa shape index (κ1) is 33.3. The summed E-state index contributed by atoms with van der Waals surface area (Å²) in [6.45, 7) is 0.147. The standard InChI is InChI=1S/C34H32N2O13/c35-25-9-6-18(36-25)10-11-45-20-7-4-17(5-8-20)22-13-21(38)26-23(47-22)14-24(31(27(26)39)46-15-16-2-1-3-19(37)12-16)48-34-30(42)28(40)29(41)32(49-34)33(43)44/h1-9,12-14,22,28-30,32,34-35,37-42H,10-11,15H2,(H,43,44)/p+1/t22?,28-,29+,30-,32+,34-/m1/s1. The fraction of sp³-hybridized carbons (Fsp3) is 0.265. The molecule has 1 fully saturated rings. The third-order valence-electron chi connectivity index (χ3n) is 7.91. The van der Waals surface area contributed by atoms with Crippen LogP contribution in [0, 0.1) is 0 Å². The van der Waals surface area contributed by atoms with Crippen LogP contribution in [0.1, 0.15) is 29.2 Å². The van der Waals surface area contributed by atoms with E-state index < -0.39 is 48.5 Å². The molecule has 0 amide bonds. The third kappa shape index (κ3) is 7.14. The third-order valence-corrected chi connectivity index (χ3v) is 7.91. The minimum absolute atomic E-state index is 0.0429. The molecule has 0 aliphatic carbocycles. The lowest BCUT2D eigenvalue weighted by molar-refractivity contribution is -0.271. The van der Waals surface area contributed by atoms with E-state index in [1.54, 1.807) is 42.5 Å². The van der Waals surface area contributed by atoms with Gasteiger partial charge in [0.2, 0.25) is 12.0 Å². The Bertz CT molecular complexity index is 1840. The minimum Gasteiger partial charge on any atom is -0.508 e. The summed E-state index contributed by atoms with van der Waals surface area (Å²) >= 11 is 0. The quantitative estimate of drug-likeness (QED) is 0.141. The molecule has 0 aromatic heterocycles. The molecular formula is C34H33N2O13+. The Kier molecular flexibility index (Phi) is 9.42. The van der Waals surface area contributed by atoms with E-state index in [0.717, 1.165) is 5.71 Å². The number of aliphatic hydroxyl groups excluding tert-OH is 4. The van der Waals surface area contributed by atoms with E-state index in [1.807, 2.05) is 6.08 Å². The predicted molar refractivity (Wildman–Crippen MR) is 170 cm³/mol. The number of hydrogen-bond donors (Lipinski definition) is 8. The molecular weight excluding hydrogens is 644 g/mol. The van der Waals surface area contributed by atoms with E-state index in [-0.39, 0.29) is 40.9 Å². The van der Waals surface area contributed by atoms with E-state index in [9.17, 15) is 40.5 Å². The molecule has 3 aliphatic rings. The van der Waals surface area contributed by atoms with Crippen molar-refractivity contribution in [3.05, 3.63) is 89.5 Å². The molecule has 3 heterocycles. The first-order valence-corrected chi connectivity index (χ1v) is 15.1. The highest BCUT2D eigenvalue weighted by molar-refractivity contribution is 6.13. The van der Waals surface area contributed by atoms with Gasteiger partial charge in [-0.25, -0.2) is 4.79 Å². The number of rotatable bonds is 11. The van der Waals surface area contributed by atoms with Crippen molar-refractivity contribution in [2.24, 2.45) is 4.99 Å². The van der Waals surface area contributed by atoms with Gasteiger partial charge >= 0.3 is 11.8 Å². The van der Waals surface area contributed by atoms with Gasteiger partial charge in [-0.2, -0.15) is 0 Å². The summed E-state index contributed by atoms with van der Waals surface area (Å²) in [6, 6.07) is 14.2. The summed E-state index contributed by atoms with van der Waals surface area (Å²) < 4.78 is 28.8. The van der Waals surface area contributed by atoms with Crippen molar-refractivity contribution >= 4 is 23.3 Å². The Hall–Kier alpha value is -5.61. The van der Waals surface area contributed by atoms with Crippen LogP contribution in [0.5, 0.6) is 34.5 Å². The number of carboxylic acid groups (broad SMARTS) is 1. The first-order chi connectivity index (χ1) is 23.5. The maximum atomic E-state index is 11.7. The summed E-state index contributed by atoms with van der Waals surface area (Å²) in [5.74, 6) is -2.42. The van der Waals surface area contributed by atoms with Crippen molar-refractivity contribution in [2.75, 3.05) is 6.61 Å². The Morgan fingerprint density at radius 1 is 0.939 bits per heavy atom. The van der Waals surface area contributed by atoms with Crippen LogP contribution in [0.15, 0.2) is 77.8 Å². The Balaban J connectivity index is 1.26. The van der Waals surface area contributed by atoms with Crippen LogP contribution in [0.3, 0.4) is 0 Å². The van der Waals surface area contributed by atoms with Crippen molar-refractivity contribution in [1.82, 2.24) is 0 Å². The average molecular weight is 678 g/mol. The number of hydrogen-bond acceptors (Lipinski definition) is 12. The molecule has 0 radical (unpaired) electrons. The number of phenols is 2. The van der Waals surface area contributed by atoms with E-state index >= 15 is 0 Å². The second kappa shape index (κ2) is 13.9. The van der Waals surface area contributed by atoms with Gasteiger partial charge < -0.3 is 59.4 Å². The number of ether oxygens (including phenoxy) is 5. The molecule has 15 heteroatoms. The zero-order chi connectivity index (χ0) is 34.8. The molecule has 0 bridgehead atoms. The highest BCUT2D eigenvalue weighted by Crippen LogP contribution is 2.51. The molecule has 15 nitrogen and oxygen atoms in total. The van der Waals surface area contributed by atoms with E-state index in [4.69, 9.17) is 29.1 Å². The van der Waals surface area contributed by atoms with Gasteiger partial charge in [0.05, 0.1) is 6.61 Å². The first-order valence-electron chi connectivity index (χ1n) is 15.1. The van der Waals surface area contributed by atoms with Gasteiger partial charge in [0.15, 0.2) is 23.3 Å². The number of allylic oxidation sites excluding steroid dienone is 1. The summed E-state index contributed by atoms with van der Waals surface area (Å²) in [6.07, 6.45) is -5.07. The van der Waals surface area contributed by atoms with Crippen LogP contribution in [0.2, 0.25) is 0 Å². The number of nitrogens with zero attached hydrogens (tertiary/aromatic N) is 1. The Labute approximate surface area is 278 Å². The fourth-order valence-electron chi connectivity index (χ4n) is 5.40. The number of aliphatic carboxylic acids is 1. The lowest BCUT2D eigenvalue weighted by Crippen LogP contribution is -2.61. The molecule has 6 atom stereocenters. The summed E-state index contributed by atoms with van der Waals surface area (Å²) in [5, 5.41) is 78.4. The molecule has 0 spiro atoms. The lowest BCUT2D eigenvalue weighted by Gasteiger charge is -2.38. The van der Waals surface area contributed by atoms with Crippen molar-refractivity contribution in [2.45, 2.75) is 49.8 Å². The molecule has 49 heavy (non-hydrogen) atoms. The van der Waals surface area contributed by atoms with Crippen LogP contribution in [0.4, 0.5) is 0 Å². The van der Waals surface area contributed by atoms with Gasteiger partial charge in [-0.1, -0.05) is 24.3 Å². The van der Waals surface area contributed by atoms with E-state index in [0.29, 0.717) is 35.7 Å². The molecule has 1 unspecified atom stereocenters. The molecule has 9 N–H and O–H groups in total. The smallest absolute Gasteiger partial charge is 0.335 e. The Morgan fingerprint density at radius 3 is 2.41 bits per heavy atom. The number of aliphatic hydroxyl groups is 4.